The molecule has 0 radical (unpaired) electrons. The molecule has 53 heavy (non-hydrogen) atoms. The smallest absolute Gasteiger partial charge is 0.266 e. The Morgan fingerprint density at radius 3 is 2.28 bits per heavy atom. The van der Waals surface area contributed by atoms with Crippen molar-refractivity contribution in [2.75, 3.05) is 34.5 Å². The second kappa shape index (κ2) is 18.2. The van der Waals surface area contributed by atoms with Crippen LogP contribution >= 0.6 is 0 Å². The summed E-state index contributed by atoms with van der Waals surface area (Å²) in [5.41, 5.74) is 25.9. The predicted octanol–water partition coefficient (Wildman–Crippen LogP) is 6.55. The molecule has 1 amide bonds. The first-order valence-corrected chi connectivity index (χ1v) is 16.6. The van der Waals surface area contributed by atoms with Gasteiger partial charge in [0, 0.05) is 64.8 Å². The zero-order valence-electron chi connectivity index (χ0n) is 29.4. The van der Waals surface area contributed by atoms with Crippen molar-refractivity contribution >= 4 is 17.5 Å². The molecule has 0 saturated carbocycles. The Kier molecular flexibility index (Phi) is 13.0. The maximum atomic E-state index is 14.9. The van der Waals surface area contributed by atoms with Gasteiger partial charge in [-0.05, 0) is 46.5 Å². The lowest BCUT2D eigenvalue weighted by Gasteiger charge is -2.32. The summed E-state index contributed by atoms with van der Waals surface area (Å²) in [6, 6.07) is 24.5. The molecule has 16 heteroatoms. The van der Waals surface area contributed by atoms with Crippen LogP contribution in [0.4, 0.5) is 5.69 Å². The summed E-state index contributed by atoms with van der Waals surface area (Å²) in [6.45, 7) is 0.467. The van der Waals surface area contributed by atoms with Gasteiger partial charge in [0.25, 0.3) is 5.91 Å². The molecule has 16 nitrogen and oxygen atoms in total. The van der Waals surface area contributed by atoms with Gasteiger partial charge in [-0.25, -0.2) is 10.4 Å². The number of carbonyl (C=O) groups excluding carboxylic acids is 1. The molecule has 0 unspecified atom stereocenters. The first kappa shape index (κ1) is 37.8. The number of nitrogens with one attached hydrogen (secondary N) is 2. The second-order valence-corrected chi connectivity index (χ2v) is 11.7. The average Bonchev–Trinajstić information content (AvgIpc) is 3.58. The summed E-state index contributed by atoms with van der Waals surface area (Å²) in [5.74, 6) is 1.64. The summed E-state index contributed by atoms with van der Waals surface area (Å²) in [7, 11) is 4.57. The van der Waals surface area contributed by atoms with Gasteiger partial charge in [-0.15, -0.1) is 0 Å². The molecule has 3 N–H and O–H groups in total. The molecule has 0 saturated heterocycles. The number of aliphatic hydroxyl groups is 1. The quantitative estimate of drug-likeness (QED) is 0.0336. The fourth-order valence-corrected chi connectivity index (χ4v) is 5.96. The molecule has 1 heterocycles. The van der Waals surface area contributed by atoms with E-state index in [2.05, 4.69) is 30.9 Å². The number of hydrogen-bond donors (Lipinski definition) is 3. The third-order valence-corrected chi connectivity index (χ3v) is 8.57. The number of ether oxygens (including phenoxy) is 5. The van der Waals surface area contributed by atoms with Gasteiger partial charge < -0.3 is 28.8 Å². The molecule has 1 aliphatic rings. The first-order valence-electron chi connectivity index (χ1n) is 16.6. The Hall–Kier alpha value is -6.44. The van der Waals surface area contributed by atoms with E-state index in [1.165, 1.54) is 21.3 Å². The minimum atomic E-state index is -1.71. The number of methoxy groups -OCH3 is 3. The van der Waals surface area contributed by atoms with E-state index in [4.69, 9.17) is 39.3 Å². The van der Waals surface area contributed by atoms with Gasteiger partial charge in [0.05, 0.1) is 40.0 Å². The molecule has 0 aromatic heterocycles. The Bertz CT molecular complexity index is 2000. The summed E-state index contributed by atoms with van der Waals surface area (Å²) in [6.07, 6.45) is -0.623. The number of azide groups is 2. The van der Waals surface area contributed by atoms with Crippen molar-refractivity contribution in [3.8, 4) is 23.0 Å². The van der Waals surface area contributed by atoms with Crippen molar-refractivity contribution in [2.24, 2.45) is 15.2 Å². The third kappa shape index (κ3) is 8.72. The maximum Gasteiger partial charge on any atom is 0.266 e. The van der Waals surface area contributed by atoms with Crippen molar-refractivity contribution in [3.63, 3.8) is 0 Å². The maximum absolute atomic E-state index is 14.9. The molecule has 0 fully saturated rings. The Balaban J connectivity index is 1.61. The number of hydrazine groups is 1. The number of amides is 1. The van der Waals surface area contributed by atoms with E-state index >= 15 is 0 Å². The van der Waals surface area contributed by atoms with Crippen molar-refractivity contribution in [3.05, 3.63) is 134 Å². The highest BCUT2D eigenvalue weighted by Gasteiger charge is 2.54. The molecule has 4 aromatic rings. The summed E-state index contributed by atoms with van der Waals surface area (Å²) >= 11 is 0. The fourth-order valence-electron chi connectivity index (χ4n) is 5.96. The van der Waals surface area contributed by atoms with Crippen LogP contribution in [0.15, 0.2) is 100 Å². The third-order valence-electron chi connectivity index (χ3n) is 8.57. The van der Waals surface area contributed by atoms with E-state index in [1.807, 2.05) is 24.3 Å². The van der Waals surface area contributed by atoms with Gasteiger partial charge >= 0.3 is 0 Å². The Morgan fingerprint density at radius 2 is 1.62 bits per heavy atom. The number of hydrogen-bond acceptors (Lipinski definition) is 11. The Morgan fingerprint density at radius 1 is 0.925 bits per heavy atom. The van der Waals surface area contributed by atoms with Gasteiger partial charge in [-0.2, -0.15) is 0 Å². The van der Waals surface area contributed by atoms with Crippen molar-refractivity contribution < 1.29 is 33.6 Å². The van der Waals surface area contributed by atoms with E-state index in [0.717, 1.165) is 0 Å². The van der Waals surface area contributed by atoms with Crippen LogP contribution < -0.4 is 29.8 Å². The monoisotopic (exact) mass is 721 g/mol. The number of benzene rings is 4. The van der Waals surface area contributed by atoms with Crippen molar-refractivity contribution in [1.29, 1.82) is 0 Å². The molecule has 274 valence electrons. The number of aliphatic imine (C=N–C) groups is 1. The molecule has 1 aliphatic heterocycles. The number of aliphatic hydroxyl groups excluding tert-OH is 1. The van der Waals surface area contributed by atoms with E-state index < -0.39 is 17.6 Å². The lowest BCUT2D eigenvalue weighted by Crippen LogP contribution is -2.53. The minimum Gasteiger partial charge on any atom is -0.496 e. The summed E-state index contributed by atoms with van der Waals surface area (Å²) in [5, 5.41) is 16.8. The predicted molar refractivity (Wildman–Crippen MR) is 196 cm³/mol. The van der Waals surface area contributed by atoms with Crippen LogP contribution in [0.2, 0.25) is 0 Å². The topological polar surface area (TPSA) is 217 Å². The van der Waals surface area contributed by atoms with Crippen LogP contribution in [0.5, 0.6) is 23.0 Å². The van der Waals surface area contributed by atoms with Crippen LogP contribution in [0.1, 0.15) is 40.3 Å². The van der Waals surface area contributed by atoms with Crippen molar-refractivity contribution in [2.45, 2.75) is 37.6 Å². The van der Waals surface area contributed by atoms with Gasteiger partial charge in [0.2, 0.25) is 5.90 Å². The van der Waals surface area contributed by atoms with Gasteiger partial charge in [0.15, 0.2) is 11.6 Å². The SMILES string of the molecule is COc1cc(OC)c(CNNC(=O)[C@@]2(Cc3ccccc3CN=[N+]=[N-])N=C(c3ccc(OCCCO)cc3)O[C@H]2c2ccccc2N=[N+]=[N-])c(OC)c1. The van der Waals surface area contributed by atoms with E-state index in [0.29, 0.717) is 63.8 Å². The molecule has 5 rings (SSSR count). The van der Waals surface area contributed by atoms with Crippen molar-refractivity contribution in [1.82, 2.24) is 10.9 Å². The zero-order chi connectivity index (χ0) is 37.6. The normalized spacial score (nSPS) is 15.9. The summed E-state index contributed by atoms with van der Waals surface area (Å²) in [4.78, 5) is 25.9. The van der Waals surface area contributed by atoms with Crippen LogP contribution in [-0.2, 0) is 29.0 Å². The molecule has 2 atom stereocenters. The van der Waals surface area contributed by atoms with E-state index in [9.17, 15) is 10.3 Å². The van der Waals surface area contributed by atoms with Gasteiger partial charge in [0.1, 0.15) is 23.0 Å². The highest BCUT2D eigenvalue weighted by Crippen LogP contribution is 2.46. The van der Waals surface area contributed by atoms with Crippen LogP contribution in [0, 0.1) is 0 Å². The fraction of sp³-hybridized carbons (Fsp3) is 0.297. The number of nitrogens with zero attached hydrogens (tertiary/aromatic N) is 7. The number of rotatable bonds is 18. The Labute approximate surface area is 305 Å². The molecule has 0 bridgehead atoms. The van der Waals surface area contributed by atoms with E-state index in [-0.39, 0.29) is 37.7 Å². The molecule has 0 spiro atoms. The van der Waals surface area contributed by atoms with Crippen LogP contribution in [0.25, 0.3) is 20.9 Å². The van der Waals surface area contributed by atoms with Gasteiger partial charge in [-0.1, -0.05) is 58.8 Å². The molecule has 0 aliphatic carbocycles. The average molecular weight is 722 g/mol. The first-order chi connectivity index (χ1) is 25.9. The largest absolute Gasteiger partial charge is 0.496 e. The summed E-state index contributed by atoms with van der Waals surface area (Å²) < 4.78 is 28.9. The lowest BCUT2D eigenvalue weighted by atomic mass is 9.80. The van der Waals surface area contributed by atoms with Gasteiger partial charge in [-0.3, -0.25) is 10.2 Å². The number of carbonyl (C=O) groups is 1. The molecule has 4 aromatic carbocycles. The van der Waals surface area contributed by atoms with Crippen LogP contribution in [0.3, 0.4) is 0 Å². The molecular weight excluding hydrogens is 682 g/mol. The van der Waals surface area contributed by atoms with E-state index in [1.54, 1.807) is 60.7 Å². The highest BCUT2D eigenvalue weighted by molar-refractivity contribution is 6.01. The second-order valence-electron chi connectivity index (χ2n) is 11.7. The van der Waals surface area contributed by atoms with Crippen LogP contribution in [-0.4, -0.2) is 57.0 Å². The molecular formula is C37H39N9O7. The standard InChI is InChI=1S/C37H39N9O7/c1-49-28-19-32(50-2)30(33(20-28)51-3)23-40-44-36(48)37(21-25-9-4-5-10-26(25)22-41-45-38)34(29-11-6-7-12-31(29)43-46-39)53-35(42-37)24-13-15-27(16-14-24)52-18-8-17-47/h4-7,9-16,19-20,34,40,47H,8,17-18,21-23H2,1-3H3,(H,44,48)/t34-,37-/m0/s1. The lowest BCUT2D eigenvalue weighted by molar-refractivity contribution is -0.130. The zero-order valence-corrected chi connectivity index (χ0v) is 29.4. The highest BCUT2D eigenvalue weighted by atomic mass is 16.5. The minimum absolute atomic E-state index is 0.00602.